The molecule has 0 aromatic heterocycles. The Morgan fingerprint density at radius 1 is 1.40 bits per heavy atom. The zero-order valence-corrected chi connectivity index (χ0v) is 13.8. The standard InChI is InChI=1S/C15H28N2O2S/c1-4-7-15(8-5-2,13(16)20)14(18)17-9-6-12(10-17)11-19-3/h12H,4-11H2,1-3H3,(H2,16,20). The number of nitrogens with zero attached hydrogens (tertiary/aromatic N) is 1. The topological polar surface area (TPSA) is 55.6 Å². The van der Waals surface area contributed by atoms with Crippen LogP contribution < -0.4 is 5.73 Å². The lowest BCUT2D eigenvalue weighted by Crippen LogP contribution is -2.50. The van der Waals surface area contributed by atoms with Gasteiger partial charge in [0.15, 0.2) is 0 Å². The molecular weight excluding hydrogens is 272 g/mol. The van der Waals surface area contributed by atoms with Gasteiger partial charge < -0.3 is 15.4 Å². The van der Waals surface area contributed by atoms with E-state index in [1.165, 1.54) is 0 Å². The first kappa shape index (κ1) is 17.4. The largest absolute Gasteiger partial charge is 0.392 e. The number of ether oxygens (including phenoxy) is 1. The van der Waals surface area contributed by atoms with Gasteiger partial charge in [0.2, 0.25) is 5.91 Å². The molecule has 1 aliphatic heterocycles. The van der Waals surface area contributed by atoms with Crippen LogP contribution in [0, 0.1) is 11.3 Å². The van der Waals surface area contributed by atoms with E-state index in [0.717, 1.165) is 45.2 Å². The van der Waals surface area contributed by atoms with Crippen molar-refractivity contribution >= 4 is 23.1 Å². The molecule has 0 bridgehead atoms. The quantitative estimate of drug-likeness (QED) is 0.699. The molecule has 1 aliphatic rings. The molecule has 1 heterocycles. The fourth-order valence-electron chi connectivity index (χ4n) is 3.24. The molecule has 1 fully saturated rings. The Balaban J connectivity index is 2.85. The summed E-state index contributed by atoms with van der Waals surface area (Å²) in [6.45, 7) is 6.43. The van der Waals surface area contributed by atoms with Crippen molar-refractivity contribution in [2.45, 2.75) is 46.0 Å². The highest BCUT2D eigenvalue weighted by Gasteiger charge is 2.44. The van der Waals surface area contributed by atoms with E-state index in [2.05, 4.69) is 13.8 Å². The number of nitrogens with two attached hydrogens (primary N) is 1. The van der Waals surface area contributed by atoms with Gasteiger partial charge in [-0.25, -0.2) is 0 Å². The number of hydrogen-bond donors (Lipinski definition) is 1. The minimum absolute atomic E-state index is 0.132. The van der Waals surface area contributed by atoms with Crippen LogP contribution in [0.4, 0.5) is 0 Å². The third-order valence-electron chi connectivity index (χ3n) is 4.21. The molecule has 5 heteroatoms. The smallest absolute Gasteiger partial charge is 0.235 e. The number of likely N-dealkylation sites (tertiary alicyclic amines) is 1. The van der Waals surface area contributed by atoms with Crippen molar-refractivity contribution in [2.75, 3.05) is 26.8 Å². The molecule has 0 aromatic rings. The Morgan fingerprint density at radius 2 is 2.00 bits per heavy atom. The number of carbonyl (C=O) groups is 1. The highest BCUT2D eigenvalue weighted by atomic mass is 32.1. The summed E-state index contributed by atoms with van der Waals surface area (Å²) in [4.78, 5) is 15.3. The van der Waals surface area contributed by atoms with Crippen LogP contribution >= 0.6 is 12.2 Å². The van der Waals surface area contributed by atoms with Gasteiger partial charge in [-0.2, -0.15) is 0 Å². The zero-order chi connectivity index (χ0) is 15.2. The van der Waals surface area contributed by atoms with E-state index >= 15 is 0 Å². The van der Waals surface area contributed by atoms with E-state index in [-0.39, 0.29) is 5.91 Å². The summed E-state index contributed by atoms with van der Waals surface area (Å²) in [7, 11) is 1.71. The van der Waals surface area contributed by atoms with Crippen molar-refractivity contribution in [1.29, 1.82) is 0 Å². The molecule has 116 valence electrons. The number of hydrogen-bond acceptors (Lipinski definition) is 3. The van der Waals surface area contributed by atoms with Gasteiger partial charge in [-0.15, -0.1) is 0 Å². The molecule has 0 spiro atoms. The van der Waals surface area contributed by atoms with Gasteiger partial charge >= 0.3 is 0 Å². The summed E-state index contributed by atoms with van der Waals surface area (Å²) in [6, 6.07) is 0. The average molecular weight is 300 g/mol. The van der Waals surface area contributed by atoms with Crippen molar-refractivity contribution in [3.05, 3.63) is 0 Å². The molecule has 0 radical (unpaired) electrons. The average Bonchev–Trinajstić information content (AvgIpc) is 2.86. The lowest BCUT2D eigenvalue weighted by molar-refractivity contribution is -0.138. The Labute approximate surface area is 128 Å². The lowest BCUT2D eigenvalue weighted by Gasteiger charge is -2.35. The molecule has 2 N–H and O–H groups in total. The molecule has 4 nitrogen and oxygen atoms in total. The van der Waals surface area contributed by atoms with Gasteiger partial charge in [-0.1, -0.05) is 38.9 Å². The number of rotatable bonds is 8. The summed E-state index contributed by atoms with van der Waals surface area (Å²) in [5.41, 5.74) is 5.33. The second kappa shape index (κ2) is 7.93. The number of carbonyl (C=O) groups excluding carboxylic acids is 1. The van der Waals surface area contributed by atoms with Crippen LogP contribution in [0.3, 0.4) is 0 Å². The number of amides is 1. The molecule has 1 atom stereocenters. The van der Waals surface area contributed by atoms with Gasteiger partial charge in [0.1, 0.15) is 0 Å². The SMILES string of the molecule is CCCC(CCC)(C(=O)N1CCC(COC)C1)C(N)=S. The van der Waals surface area contributed by atoms with Crippen LogP contribution in [0.25, 0.3) is 0 Å². The molecule has 1 amide bonds. The molecule has 1 rings (SSSR count). The minimum atomic E-state index is -0.638. The zero-order valence-electron chi connectivity index (χ0n) is 13.0. The maximum absolute atomic E-state index is 13.0. The Morgan fingerprint density at radius 3 is 2.45 bits per heavy atom. The number of thiocarbonyl (C=S) groups is 1. The Kier molecular flexibility index (Phi) is 6.89. The molecule has 0 aliphatic carbocycles. The van der Waals surface area contributed by atoms with Gasteiger partial charge in [-0.05, 0) is 19.3 Å². The van der Waals surface area contributed by atoms with Gasteiger partial charge in [0, 0.05) is 26.1 Å². The van der Waals surface area contributed by atoms with E-state index in [0.29, 0.717) is 17.5 Å². The van der Waals surface area contributed by atoms with Gasteiger partial charge in [0.25, 0.3) is 0 Å². The summed E-state index contributed by atoms with van der Waals surface area (Å²) < 4.78 is 5.19. The van der Waals surface area contributed by atoms with Crippen LogP contribution in [0.5, 0.6) is 0 Å². The predicted molar refractivity (Wildman–Crippen MR) is 85.6 cm³/mol. The van der Waals surface area contributed by atoms with Crippen LogP contribution in [0.1, 0.15) is 46.0 Å². The summed E-state index contributed by atoms with van der Waals surface area (Å²) in [5.74, 6) is 0.573. The monoisotopic (exact) mass is 300 g/mol. The van der Waals surface area contributed by atoms with Crippen LogP contribution in [0.15, 0.2) is 0 Å². The van der Waals surface area contributed by atoms with E-state index in [1.807, 2.05) is 4.90 Å². The normalized spacial score (nSPS) is 19.4. The van der Waals surface area contributed by atoms with Crippen molar-refractivity contribution in [1.82, 2.24) is 4.90 Å². The summed E-state index contributed by atoms with van der Waals surface area (Å²) >= 11 is 5.26. The van der Waals surface area contributed by atoms with Gasteiger partial charge in [0.05, 0.1) is 17.0 Å². The lowest BCUT2D eigenvalue weighted by atomic mass is 9.77. The molecule has 0 saturated carbocycles. The third kappa shape index (κ3) is 3.70. The van der Waals surface area contributed by atoms with Crippen molar-refractivity contribution < 1.29 is 9.53 Å². The molecule has 0 aromatic carbocycles. The minimum Gasteiger partial charge on any atom is -0.392 e. The molecule has 20 heavy (non-hydrogen) atoms. The fraction of sp³-hybridized carbons (Fsp3) is 0.867. The van der Waals surface area contributed by atoms with Gasteiger partial charge in [-0.3, -0.25) is 4.79 Å². The fourth-order valence-corrected chi connectivity index (χ4v) is 3.53. The van der Waals surface area contributed by atoms with Crippen LogP contribution in [-0.4, -0.2) is 42.6 Å². The van der Waals surface area contributed by atoms with E-state index in [4.69, 9.17) is 22.7 Å². The first-order chi connectivity index (χ1) is 9.51. The second-order valence-electron chi connectivity index (χ2n) is 5.81. The van der Waals surface area contributed by atoms with Crippen molar-refractivity contribution in [3.8, 4) is 0 Å². The first-order valence-corrected chi connectivity index (χ1v) is 8.00. The Hall–Kier alpha value is -0.680. The van der Waals surface area contributed by atoms with Crippen molar-refractivity contribution in [3.63, 3.8) is 0 Å². The number of methoxy groups -OCH3 is 1. The second-order valence-corrected chi connectivity index (χ2v) is 6.25. The molecular formula is C15H28N2O2S. The maximum Gasteiger partial charge on any atom is 0.235 e. The predicted octanol–water partition coefficient (Wildman–Crippen LogP) is 2.35. The van der Waals surface area contributed by atoms with Crippen LogP contribution in [0.2, 0.25) is 0 Å². The third-order valence-corrected chi connectivity index (χ3v) is 4.60. The van der Waals surface area contributed by atoms with E-state index < -0.39 is 5.41 Å². The summed E-state index contributed by atoms with van der Waals surface area (Å²) in [5, 5.41) is 0. The van der Waals surface area contributed by atoms with Crippen molar-refractivity contribution in [2.24, 2.45) is 17.1 Å². The molecule has 1 saturated heterocycles. The first-order valence-electron chi connectivity index (χ1n) is 7.60. The van der Waals surface area contributed by atoms with Crippen LogP contribution in [-0.2, 0) is 9.53 Å². The highest BCUT2D eigenvalue weighted by Crippen LogP contribution is 2.34. The highest BCUT2D eigenvalue weighted by molar-refractivity contribution is 7.80. The maximum atomic E-state index is 13.0. The summed E-state index contributed by atoms with van der Waals surface area (Å²) in [6.07, 6.45) is 4.34. The van der Waals surface area contributed by atoms with E-state index in [1.54, 1.807) is 7.11 Å². The van der Waals surface area contributed by atoms with E-state index in [9.17, 15) is 4.79 Å². The Bertz CT molecular complexity index is 341. The molecule has 1 unspecified atom stereocenters.